The Morgan fingerprint density at radius 1 is 1.32 bits per heavy atom. The van der Waals surface area contributed by atoms with Crippen LogP contribution < -0.4 is 10.6 Å². The Balaban J connectivity index is 1.57. The van der Waals surface area contributed by atoms with Crippen molar-refractivity contribution in [2.75, 3.05) is 12.4 Å². The molecule has 2 aromatic heterocycles. The Hall–Kier alpha value is -3.80. The van der Waals surface area contributed by atoms with E-state index in [1.807, 2.05) is 0 Å². The Labute approximate surface area is 179 Å². The number of hydrogen-bond donors (Lipinski definition) is 3. The molecule has 10 nitrogen and oxygen atoms in total. The fourth-order valence-electron chi connectivity index (χ4n) is 2.68. The average Bonchev–Trinajstić information content (AvgIpc) is 3.32. The van der Waals surface area contributed by atoms with Gasteiger partial charge in [0, 0.05) is 19.0 Å². The van der Waals surface area contributed by atoms with E-state index >= 15 is 0 Å². The molecule has 0 radical (unpaired) electrons. The lowest BCUT2D eigenvalue weighted by Crippen LogP contribution is -2.29. The summed E-state index contributed by atoms with van der Waals surface area (Å²) < 4.78 is 18.0. The predicted molar refractivity (Wildman–Crippen MR) is 108 cm³/mol. The number of urea groups is 1. The van der Waals surface area contributed by atoms with Crippen LogP contribution in [-0.2, 0) is 13.1 Å². The number of amides is 3. The molecular weight excluding hydrogens is 429 g/mol. The lowest BCUT2D eigenvalue weighted by atomic mass is 10.1. The normalized spacial score (nSPS) is 10.5. The van der Waals surface area contributed by atoms with Crippen LogP contribution in [0.2, 0.25) is 0 Å². The minimum absolute atomic E-state index is 0.0750. The number of aromatic nitrogens is 2. The van der Waals surface area contributed by atoms with Gasteiger partial charge in [-0.15, -0.1) is 11.3 Å². The number of carbonyl (C=O) groups is 3. The minimum Gasteiger partial charge on any atom is -0.476 e. The summed E-state index contributed by atoms with van der Waals surface area (Å²) in [5.41, 5.74) is 0.525. The summed E-state index contributed by atoms with van der Waals surface area (Å²) in [5, 5.41) is 19.7. The van der Waals surface area contributed by atoms with E-state index in [1.165, 1.54) is 31.0 Å². The van der Waals surface area contributed by atoms with E-state index in [0.717, 1.165) is 11.3 Å². The summed E-state index contributed by atoms with van der Waals surface area (Å²) in [6, 6.07) is 5.36. The Morgan fingerprint density at radius 2 is 2.10 bits per heavy atom. The number of carbonyl (C=O) groups excluding carboxylic acids is 2. The van der Waals surface area contributed by atoms with E-state index in [-0.39, 0.29) is 30.2 Å². The maximum absolute atomic E-state index is 13.2. The molecule has 0 saturated heterocycles. The number of rotatable bonds is 7. The van der Waals surface area contributed by atoms with Gasteiger partial charge >= 0.3 is 12.0 Å². The lowest BCUT2D eigenvalue weighted by Gasteiger charge is -2.15. The maximum atomic E-state index is 13.2. The quantitative estimate of drug-likeness (QED) is 0.506. The largest absolute Gasteiger partial charge is 0.476 e. The molecule has 0 fully saturated rings. The molecule has 3 amide bonds. The van der Waals surface area contributed by atoms with E-state index in [9.17, 15) is 18.8 Å². The summed E-state index contributed by atoms with van der Waals surface area (Å²) in [6.45, 7) is 1.67. The third-order valence-corrected chi connectivity index (χ3v) is 4.95. The molecule has 12 heteroatoms. The van der Waals surface area contributed by atoms with Gasteiger partial charge in [0.1, 0.15) is 17.1 Å². The summed E-state index contributed by atoms with van der Waals surface area (Å²) in [7, 11) is 1.48. The van der Waals surface area contributed by atoms with Gasteiger partial charge in [-0.25, -0.2) is 19.0 Å². The van der Waals surface area contributed by atoms with Crippen molar-refractivity contribution in [2.45, 2.75) is 20.0 Å². The fourth-order valence-corrected chi connectivity index (χ4v) is 3.38. The van der Waals surface area contributed by atoms with Gasteiger partial charge in [-0.1, -0.05) is 17.3 Å². The van der Waals surface area contributed by atoms with Crippen molar-refractivity contribution < 1.29 is 28.4 Å². The number of anilines is 1. The zero-order valence-electron chi connectivity index (χ0n) is 16.5. The van der Waals surface area contributed by atoms with Crippen molar-refractivity contribution in [1.29, 1.82) is 0 Å². The number of nitrogens with zero attached hydrogens (tertiary/aromatic N) is 3. The number of halogens is 1. The monoisotopic (exact) mass is 447 g/mol. The van der Waals surface area contributed by atoms with Gasteiger partial charge < -0.3 is 19.8 Å². The number of hydrogen-bond acceptors (Lipinski definition) is 7. The second kappa shape index (κ2) is 9.34. The molecule has 3 aromatic rings. The van der Waals surface area contributed by atoms with Crippen molar-refractivity contribution in [3.05, 3.63) is 63.7 Å². The van der Waals surface area contributed by atoms with Gasteiger partial charge in [0.2, 0.25) is 5.69 Å². The van der Waals surface area contributed by atoms with E-state index in [2.05, 4.69) is 20.8 Å². The number of aryl methyl sites for hydroxylation is 1. The first-order valence-electron chi connectivity index (χ1n) is 8.93. The molecule has 0 bridgehead atoms. The van der Waals surface area contributed by atoms with Crippen LogP contribution in [0.4, 0.5) is 14.3 Å². The van der Waals surface area contributed by atoms with Crippen LogP contribution in [0.3, 0.4) is 0 Å². The standard InChI is InChI=1S/C19H18FN5O5S/c1-10-14(15(17(27)28)24-30-10)16(26)25(2)8-13-9-31-19(22-13)23-18(29)21-7-11-4-3-5-12(20)6-11/h3-6,9H,7-8H2,1-2H3,(H,27,28)(H2,21,22,23,29). The number of carboxylic acids is 1. The molecule has 2 heterocycles. The molecule has 3 rings (SSSR count). The number of aromatic carboxylic acids is 1. The van der Waals surface area contributed by atoms with Crippen LogP contribution in [0, 0.1) is 12.7 Å². The van der Waals surface area contributed by atoms with E-state index in [0.29, 0.717) is 16.4 Å². The van der Waals surface area contributed by atoms with Crippen molar-refractivity contribution in [2.24, 2.45) is 0 Å². The second-order valence-electron chi connectivity index (χ2n) is 6.51. The van der Waals surface area contributed by atoms with E-state index in [1.54, 1.807) is 17.5 Å². The number of carboxylic acid groups (broad SMARTS) is 1. The third-order valence-electron chi connectivity index (χ3n) is 4.14. The molecule has 31 heavy (non-hydrogen) atoms. The van der Waals surface area contributed by atoms with Gasteiger partial charge in [-0.3, -0.25) is 10.1 Å². The molecule has 0 atom stereocenters. The summed E-state index contributed by atoms with van der Waals surface area (Å²) in [6.07, 6.45) is 0. The topological polar surface area (TPSA) is 138 Å². The van der Waals surface area contributed by atoms with E-state index in [4.69, 9.17) is 9.63 Å². The summed E-state index contributed by atoms with van der Waals surface area (Å²) >= 11 is 1.16. The highest BCUT2D eigenvalue weighted by molar-refractivity contribution is 7.13. The molecule has 0 spiro atoms. The van der Waals surface area contributed by atoms with Crippen LogP contribution in [0.25, 0.3) is 0 Å². The van der Waals surface area contributed by atoms with Crippen molar-refractivity contribution in [3.63, 3.8) is 0 Å². The average molecular weight is 447 g/mol. The molecule has 0 aliphatic carbocycles. The Morgan fingerprint density at radius 3 is 2.81 bits per heavy atom. The molecule has 0 unspecified atom stereocenters. The van der Waals surface area contributed by atoms with Gasteiger partial charge in [-0.2, -0.15) is 0 Å². The van der Waals surface area contributed by atoms with Gasteiger partial charge in [0.25, 0.3) is 5.91 Å². The van der Waals surface area contributed by atoms with Gasteiger partial charge in [0.15, 0.2) is 5.13 Å². The smallest absolute Gasteiger partial charge is 0.358 e. The Bertz CT molecular complexity index is 1130. The summed E-state index contributed by atoms with van der Waals surface area (Å²) in [4.78, 5) is 41.4. The number of nitrogens with one attached hydrogen (secondary N) is 2. The van der Waals surface area contributed by atoms with Crippen LogP contribution >= 0.6 is 11.3 Å². The van der Waals surface area contributed by atoms with Crippen molar-refractivity contribution in [1.82, 2.24) is 20.4 Å². The van der Waals surface area contributed by atoms with Gasteiger partial charge in [-0.05, 0) is 24.6 Å². The molecular formula is C19H18FN5O5S. The van der Waals surface area contributed by atoms with Crippen molar-refractivity contribution >= 4 is 34.4 Å². The van der Waals surface area contributed by atoms with E-state index < -0.39 is 23.6 Å². The van der Waals surface area contributed by atoms with Crippen LogP contribution in [0.5, 0.6) is 0 Å². The second-order valence-corrected chi connectivity index (χ2v) is 7.37. The number of benzene rings is 1. The molecule has 3 N–H and O–H groups in total. The highest BCUT2D eigenvalue weighted by atomic mass is 32.1. The first kappa shape index (κ1) is 21.9. The molecule has 0 aliphatic rings. The van der Waals surface area contributed by atoms with Crippen LogP contribution in [0.15, 0.2) is 34.2 Å². The first-order chi connectivity index (χ1) is 14.7. The van der Waals surface area contributed by atoms with Crippen LogP contribution in [0.1, 0.15) is 37.9 Å². The SMILES string of the molecule is Cc1onc(C(=O)O)c1C(=O)N(C)Cc1csc(NC(=O)NCc2cccc(F)c2)n1. The molecule has 0 aliphatic heterocycles. The zero-order chi connectivity index (χ0) is 22.5. The summed E-state index contributed by atoms with van der Waals surface area (Å²) in [5.74, 6) is -2.23. The lowest BCUT2D eigenvalue weighted by molar-refractivity contribution is 0.0671. The highest BCUT2D eigenvalue weighted by Gasteiger charge is 2.27. The maximum Gasteiger partial charge on any atom is 0.358 e. The fraction of sp³-hybridized carbons (Fsp3) is 0.211. The number of thiazole rings is 1. The minimum atomic E-state index is -1.36. The molecule has 1 aromatic carbocycles. The first-order valence-corrected chi connectivity index (χ1v) is 9.81. The predicted octanol–water partition coefficient (Wildman–Crippen LogP) is 2.87. The third kappa shape index (κ3) is 5.42. The molecule has 162 valence electrons. The zero-order valence-corrected chi connectivity index (χ0v) is 17.3. The molecule has 0 saturated carbocycles. The Kier molecular flexibility index (Phi) is 6.60. The van der Waals surface area contributed by atoms with Crippen LogP contribution in [-0.4, -0.2) is 45.1 Å². The van der Waals surface area contributed by atoms with Crippen molar-refractivity contribution in [3.8, 4) is 0 Å². The van der Waals surface area contributed by atoms with Gasteiger partial charge in [0.05, 0.1) is 12.2 Å². The highest BCUT2D eigenvalue weighted by Crippen LogP contribution is 2.19.